The van der Waals surface area contributed by atoms with Crippen LogP contribution in [0.3, 0.4) is 0 Å². The maximum absolute atomic E-state index is 12.7. The molecule has 1 aliphatic rings. The Kier molecular flexibility index (Phi) is 4.39. The normalized spacial score (nSPS) is 14.1. The number of para-hydroxylation sites is 2. The van der Waals surface area contributed by atoms with E-state index in [1.165, 1.54) is 5.56 Å². The zero-order valence-corrected chi connectivity index (χ0v) is 14.7. The number of anilines is 1. The van der Waals surface area contributed by atoms with Gasteiger partial charge in [-0.25, -0.2) is 0 Å². The highest BCUT2D eigenvalue weighted by atomic mass is 16.2. The van der Waals surface area contributed by atoms with Crippen molar-refractivity contribution < 1.29 is 4.79 Å². The van der Waals surface area contributed by atoms with Crippen molar-refractivity contribution in [3.05, 3.63) is 72.3 Å². The Morgan fingerprint density at radius 3 is 2.77 bits per heavy atom. The number of fused-ring (bicyclic) bond motifs is 1. The van der Waals surface area contributed by atoms with E-state index in [0.29, 0.717) is 12.4 Å². The first-order chi connectivity index (χ1) is 12.7. The molecule has 0 spiro atoms. The van der Waals surface area contributed by atoms with Gasteiger partial charge in [0.05, 0.1) is 6.54 Å². The van der Waals surface area contributed by atoms with Crippen LogP contribution in [0.5, 0.6) is 0 Å². The van der Waals surface area contributed by atoms with Gasteiger partial charge in [-0.15, -0.1) is 10.2 Å². The molecule has 1 aromatic heterocycles. The Bertz CT molecular complexity index is 905. The van der Waals surface area contributed by atoms with E-state index in [1.807, 2.05) is 54.0 Å². The van der Waals surface area contributed by atoms with Crippen LogP contribution in [0, 0.1) is 0 Å². The summed E-state index contributed by atoms with van der Waals surface area (Å²) < 4.78 is 1.89. The monoisotopic (exact) mass is 347 g/mol. The summed E-state index contributed by atoms with van der Waals surface area (Å²) in [6.45, 7) is 3.15. The number of nitrogens with one attached hydrogen (secondary N) is 1. The quantitative estimate of drug-likeness (QED) is 0.769. The molecule has 1 atom stereocenters. The lowest BCUT2D eigenvalue weighted by atomic mass is 10.1. The Labute approximate surface area is 152 Å². The van der Waals surface area contributed by atoms with E-state index in [0.717, 1.165) is 24.3 Å². The van der Waals surface area contributed by atoms with Crippen LogP contribution in [-0.4, -0.2) is 33.3 Å². The van der Waals surface area contributed by atoms with Crippen LogP contribution in [0.15, 0.2) is 60.9 Å². The minimum absolute atomic E-state index is 0.00989. The average molecular weight is 347 g/mol. The molecule has 3 aromatic rings. The second-order valence-corrected chi connectivity index (χ2v) is 6.42. The molecule has 132 valence electrons. The standard InChI is InChI=1S/C20H21N5O/c1-15(24-12-11-16-7-5-6-10-18(16)24)20(26)21-13-19-23-22-14-25(19)17-8-3-2-4-9-17/h2-10,14-15H,11-13H2,1H3,(H,21,26)/t15-/m0/s1. The van der Waals surface area contributed by atoms with Gasteiger partial charge in [-0.05, 0) is 37.1 Å². The summed E-state index contributed by atoms with van der Waals surface area (Å²) in [6.07, 6.45) is 2.65. The fourth-order valence-electron chi connectivity index (χ4n) is 3.41. The van der Waals surface area contributed by atoms with E-state index < -0.39 is 0 Å². The summed E-state index contributed by atoms with van der Waals surface area (Å²) in [5.74, 6) is 0.697. The van der Waals surface area contributed by atoms with E-state index in [-0.39, 0.29) is 11.9 Å². The summed E-state index contributed by atoms with van der Waals surface area (Å²) in [5, 5.41) is 11.1. The van der Waals surface area contributed by atoms with Gasteiger partial charge in [0.2, 0.25) is 5.91 Å². The first-order valence-electron chi connectivity index (χ1n) is 8.80. The second-order valence-electron chi connectivity index (χ2n) is 6.42. The van der Waals surface area contributed by atoms with Gasteiger partial charge >= 0.3 is 0 Å². The van der Waals surface area contributed by atoms with E-state index in [4.69, 9.17) is 0 Å². The van der Waals surface area contributed by atoms with E-state index in [9.17, 15) is 4.79 Å². The van der Waals surface area contributed by atoms with Gasteiger partial charge < -0.3 is 10.2 Å². The second kappa shape index (κ2) is 7.00. The lowest BCUT2D eigenvalue weighted by molar-refractivity contribution is -0.122. The smallest absolute Gasteiger partial charge is 0.242 e. The number of aromatic nitrogens is 3. The summed E-state index contributed by atoms with van der Waals surface area (Å²) in [4.78, 5) is 14.8. The maximum atomic E-state index is 12.7. The van der Waals surface area contributed by atoms with Crippen molar-refractivity contribution in [3.63, 3.8) is 0 Å². The van der Waals surface area contributed by atoms with Gasteiger partial charge in [-0.1, -0.05) is 36.4 Å². The van der Waals surface area contributed by atoms with Gasteiger partial charge in [0.25, 0.3) is 0 Å². The number of amides is 1. The van der Waals surface area contributed by atoms with Crippen LogP contribution in [0.4, 0.5) is 5.69 Å². The molecule has 1 N–H and O–H groups in total. The number of carbonyl (C=O) groups is 1. The summed E-state index contributed by atoms with van der Waals surface area (Å²) in [7, 11) is 0. The molecule has 0 saturated carbocycles. The van der Waals surface area contributed by atoms with Crippen molar-refractivity contribution in [1.82, 2.24) is 20.1 Å². The fraction of sp³-hybridized carbons (Fsp3) is 0.250. The number of carbonyl (C=O) groups excluding carboxylic acids is 1. The van der Waals surface area contributed by atoms with Crippen molar-refractivity contribution in [2.75, 3.05) is 11.4 Å². The van der Waals surface area contributed by atoms with Crippen LogP contribution < -0.4 is 10.2 Å². The molecule has 6 nitrogen and oxygen atoms in total. The molecule has 1 amide bonds. The minimum atomic E-state index is -0.230. The van der Waals surface area contributed by atoms with Crippen molar-refractivity contribution in [3.8, 4) is 5.69 Å². The molecule has 26 heavy (non-hydrogen) atoms. The SMILES string of the molecule is C[C@@H](C(=O)NCc1nncn1-c1ccccc1)N1CCc2ccccc21. The summed E-state index contributed by atoms with van der Waals surface area (Å²) in [6, 6.07) is 17.9. The zero-order chi connectivity index (χ0) is 17.9. The molecule has 2 heterocycles. The Morgan fingerprint density at radius 2 is 1.92 bits per heavy atom. The lowest BCUT2D eigenvalue weighted by Crippen LogP contribution is -2.44. The molecular weight excluding hydrogens is 326 g/mol. The predicted molar refractivity (Wildman–Crippen MR) is 100 cm³/mol. The van der Waals surface area contributed by atoms with Crippen LogP contribution in [-0.2, 0) is 17.8 Å². The topological polar surface area (TPSA) is 63.1 Å². The van der Waals surface area contributed by atoms with E-state index in [1.54, 1.807) is 6.33 Å². The lowest BCUT2D eigenvalue weighted by Gasteiger charge is -2.26. The summed E-state index contributed by atoms with van der Waals surface area (Å²) >= 11 is 0. The number of benzene rings is 2. The van der Waals surface area contributed by atoms with Gasteiger partial charge in [0.1, 0.15) is 12.4 Å². The molecule has 0 radical (unpaired) electrons. The third kappa shape index (κ3) is 3.06. The highest BCUT2D eigenvalue weighted by Gasteiger charge is 2.27. The fourth-order valence-corrected chi connectivity index (χ4v) is 3.41. The van der Waals surface area contributed by atoms with Gasteiger partial charge in [-0.2, -0.15) is 0 Å². The zero-order valence-electron chi connectivity index (χ0n) is 14.7. The minimum Gasteiger partial charge on any atom is -0.359 e. The molecule has 4 rings (SSSR count). The Hall–Kier alpha value is -3.15. The molecule has 0 aliphatic carbocycles. The first kappa shape index (κ1) is 16.3. The van der Waals surface area contributed by atoms with Crippen molar-refractivity contribution in [2.45, 2.75) is 25.9 Å². The third-order valence-corrected chi connectivity index (χ3v) is 4.84. The Balaban J connectivity index is 1.43. The third-order valence-electron chi connectivity index (χ3n) is 4.84. The molecule has 6 heteroatoms. The van der Waals surface area contributed by atoms with Gasteiger partial charge in [0.15, 0.2) is 5.82 Å². The van der Waals surface area contributed by atoms with Crippen LogP contribution in [0.25, 0.3) is 5.69 Å². The molecule has 1 aliphatic heterocycles. The van der Waals surface area contributed by atoms with E-state index >= 15 is 0 Å². The predicted octanol–water partition coefficient (Wildman–Crippen LogP) is 2.33. The van der Waals surface area contributed by atoms with Crippen LogP contribution >= 0.6 is 0 Å². The highest BCUT2D eigenvalue weighted by molar-refractivity contribution is 5.85. The number of nitrogens with zero attached hydrogens (tertiary/aromatic N) is 4. The van der Waals surface area contributed by atoms with Crippen molar-refractivity contribution in [1.29, 1.82) is 0 Å². The highest BCUT2D eigenvalue weighted by Crippen LogP contribution is 2.29. The van der Waals surface area contributed by atoms with E-state index in [2.05, 4.69) is 32.5 Å². The number of hydrogen-bond donors (Lipinski definition) is 1. The first-order valence-corrected chi connectivity index (χ1v) is 8.80. The average Bonchev–Trinajstić information content (AvgIpc) is 3.33. The molecule has 0 unspecified atom stereocenters. The maximum Gasteiger partial charge on any atom is 0.242 e. The largest absolute Gasteiger partial charge is 0.359 e. The number of rotatable bonds is 5. The van der Waals surface area contributed by atoms with Crippen molar-refractivity contribution in [2.24, 2.45) is 0 Å². The molecule has 0 saturated heterocycles. The van der Waals surface area contributed by atoms with Crippen LogP contribution in [0.1, 0.15) is 18.3 Å². The van der Waals surface area contributed by atoms with Crippen molar-refractivity contribution >= 4 is 11.6 Å². The molecule has 2 aromatic carbocycles. The van der Waals surface area contributed by atoms with Gasteiger partial charge in [0, 0.05) is 17.9 Å². The van der Waals surface area contributed by atoms with Gasteiger partial charge in [-0.3, -0.25) is 9.36 Å². The molecular formula is C20H21N5O. The number of hydrogen-bond acceptors (Lipinski definition) is 4. The molecule has 0 bridgehead atoms. The molecule has 0 fully saturated rings. The summed E-state index contributed by atoms with van der Waals surface area (Å²) in [5.41, 5.74) is 3.43. The van der Waals surface area contributed by atoms with Crippen LogP contribution in [0.2, 0.25) is 0 Å². The Morgan fingerprint density at radius 1 is 1.15 bits per heavy atom.